The van der Waals surface area contributed by atoms with Gasteiger partial charge >= 0.3 is 0 Å². The Morgan fingerprint density at radius 3 is 2.57 bits per heavy atom. The largest absolute Gasteiger partial charge is 0.324 e. The molecule has 0 aromatic heterocycles. The van der Waals surface area contributed by atoms with Gasteiger partial charge in [0.15, 0.2) is 0 Å². The highest BCUT2D eigenvalue weighted by Gasteiger charge is 2.46. The van der Waals surface area contributed by atoms with Crippen LogP contribution < -0.4 is 15.8 Å². The number of nitrogens with two attached hydrogens (primary N) is 1. The fraction of sp³-hybridized carbons (Fsp3) is 0.500. The summed E-state index contributed by atoms with van der Waals surface area (Å²) in [5.74, 6) is -0.259. The molecule has 0 saturated heterocycles. The molecule has 0 aliphatic heterocycles. The summed E-state index contributed by atoms with van der Waals surface area (Å²) < 4.78 is 27.2. The number of amides is 1. The van der Waals surface area contributed by atoms with Crippen LogP contribution in [0, 0.1) is 6.92 Å². The molecular formula is C14H19N3O3S. The summed E-state index contributed by atoms with van der Waals surface area (Å²) >= 11 is 0. The lowest BCUT2D eigenvalue weighted by Crippen LogP contribution is -2.37. The third-order valence-electron chi connectivity index (χ3n) is 3.88. The summed E-state index contributed by atoms with van der Waals surface area (Å²) in [6, 6.07) is 4.91. The Balaban J connectivity index is 1.83. The van der Waals surface area contributed by atoms with Crippen molar-refractivity contribution in [2.24, 2.45) is 5.73 Å². The number of nitrogens with one attached hydrogen (secondary N) is 2. The molecule has 21 heavy (non-hydrogen) atoms. The maximum absolute atomic E-state index is 12.3. The standard InChI is InChI=1S/C14H19N3O3S/c1-9-2-3-11(16-13(18)14(15)6-7-14)8-12(9)21(19,20)17-10-4-5-10/h2-3,8,10,17H,4-7,15H2,1H3,(H,16,18). The van der Waals surface area contributed by atoms with Crippen molar-refractivity contribution >= 4 is 21.6 Å². The molecule has 0 bridgehead atoms. The second-order valence-electron chi connectivity index (χ2n) is 5.99. The van der Waals surface area contributed by atoms with Crippen LogP contribution in [0.5, 0.6) is 0 Å². The number of benzene rings is 1. The SMILES string of the molecule is Cc1ccc(NC(=O)C2(N)CC2)cc1S(=O)(=O)NC1CC1. The second kappa shape index (κ2) is 4.79. The first-order valence-corrected chi connectivity index (χ1v) is 8.52. The van der Waals surface area contributed by atoms with Gasteiger partial charge < -0.3 is 11.1 Å². The quantitative estimate of drug-likeness (QED) is 0.751. The van der Waals surface area contributed by atoms with Crippen molar-refractivity contribution in [3.63, 3.8) is 0 Å². The molecule has 6 nitrogen and oxygen atoms in total. The summed E-state index contributed by atoms with van der Waals surface area (Å²) in [7, 11) is -3.54. The molecule has 2 fully saturated rings. The summed E-state index contributed by atoms with van der Waals surface area (Å²) in [5.41, 5.74) is 6.15. The lowest BCUT2D eigenvalue weighted by molar-refractivity contribution is -0.118. The van der Waals surface area contributed by atoms with Gasteiger partial charge in [0.05, 0.1) is 10.4 Å². The van der Waals surface area contributed by atoms with Crippen LogP contribution in [0.3, 0.4) is 0 Å². The van der Waals surface area contributed by atoms with Crippen LogP contribution in [-0.4, -0.2) is 25.9 Å². The highest BCUT2D eigenvalue weighted by molar-refractivity contribution is 7.89. The zero-order valence-corrected chi connectivity index (χ0v) is 12.7. The highest BCUT2D eigenvalue weighted by atomic mass is 32.2. The smallest absolute Gasteiger partial charge is 0.244 e. The maximum Gasteiger partial charge on any atom is 0.244 e. The van der Waals surface area contributed by atoms with E-state index >= 15 is 0 Å². The predicted molar refractivity (Wildman–Crippen MR) is 79.3 cm³/mol. The molecule has 2 aliphatic rings. The number of anilines is 1. The van der Waals surface area contributed by atoms with Crippen molar-refractivity contribution in [1.82, 2.24) is 4.72 Å². The van der Waals surface area contributed by atoms with Gasteiger partial charge in [-0.25, -0.2) is 13.1 Å². The van der Waals surface area contributed by atoms with E-state index in [4.69, 9.17) is 5.73 Å². The van der Waals surface area contributed by atoms with Crippen molar-refractivity contribution in [2.45, 2.75) is 49.1 Å². The molecule has 1 amide bonds. The van der Waals surface area contributed by atoms with E-state index in [0.717, 1.165) is 12.8 Å². The number of sulfonamides is 1. The van der Waals surface area contributed by atoms with Gasteiger partial charge in [-0.1, -0.05) is 6.07 Å². The van der Waals surface area contributed by atoms with E-state index in [1.807, 2.05) is 0 Å². The number of rotatable bonds is 5. The Kier molecular flexibility index (Phi) is 3.31. The Hall–Kier alpha value is -1.44. The maximum atomic E-state index is 12.3. The molecule has 114 valence electrons. The van der Waals surface area contributed by atoms with E-state index < -0.39 is 15.6 Å². The van der Waals surface area contributed by atoms with Gasteiger partial charge in [-0.15, -0.1) is 0 Å². The van der Waals surface area contributed by atoms with Gasteiger partial charge in [0, 0.05) is 11.7 Å². The van der Waals surface area contributed by atoms with E-state index in [1.54, 1.807) is 19.1 Å². The Morgan fingerprint density at radius 1 is 1.33 bits per heavy atom. The summed E-state index contributed by atoms with van der Waals surface area (Å²) in [4.78, 5) is 12.1. The van der Waals surface area contributed by atoms with Gasteiger partial charge in [-0.3, -0.25) is 4.79 Å². The van der Waals surface area contributed by atoms with Crippen LogP contribution in [0.15, 0.2) is 23.1 Å². The average Bonchev–Trinajstić information content (AvgIpc) is 3.30. The Labute approximate surface area is 124 Å². The van der Waals surface area contributed by atoms with Crippen LogP contribution in [0.2, 0.25) is 0 Å². The van der Waals surface area contributed by atoms with E-state index in [0.29, 0.717) is 24.1 Å². The molecule has 7 heteroatoms. The molecular weight excluding hydrogens is 290 g/mol. The molecule has 2 aliphatic carbocycles. The Bertz CT molecular complexity index is 691. The first kappa shape index (κ1) is 14.5. The van der Waals surface area contributed by atoms with Gasteiger partial charge in [0.25, 0.3) is 0 Å². The molecule has 2 saturated carbocycles. The number of aryl methyl sites for hydroxylation is 1. The fourth-order valence-electron chi connectivity index (χ4n) is 2.07. The topological polar surface area (TPSA) is 101 Å². The summed E-state index contributed by atoms with van der Waals surface area (Å²) in [6.07, 6.45) is 3.09. The van der Waals surface area contributed by atoms with Gasteiger partial charge in [0.2, 0.25) is 15.9 Å². The van der Waals surface area contributed by atoms with Crippen LogP contribution >= 0.6 is 0 Å². The van der Waals surface area contributed by atoms with Crippen molar-refractivity contribution < 1.29 is 13.2 Å². The normalized spacial score (nSPS) is 20.1. The minimum absolute atomic E-state index is 0.0476. The predicted octanol–water partition coefficient (Wildman–Crippen LogP) is 0.866. The molecule has 0 unspecified atom stereocenters. The summed E-state index contributed by atoms with van der Waals surface area (Å²) in [6.45, 7) is 1.73. The third kappa shape index (κ3) is 3.09. The van der Waals surface area contributed by atoms with Gasteiger partial charge in [-0.05, 0) is 50.3 Å². The zero-order chi connectivity index (χ0) is 15.3. The van der Waals surface area contributed by atoms with Crippen molar-refractivity contribution in [1.29, 1.82) is 0 Å². The molecule has 1 aromatic rings. The number of carbonyl (C=O) groups is 1. The number of hydrogen-bond donors (Lipinski definition) is 3. The molecule has 0 spiro atoms. The molecule has 1 aromatic carbocycles. The van der Waals surface area contributed by atoms with E-state index in [-0.39, 0.29) is 16.8 Å². The van der Waals surface area contributed by atoms with Crippen molar-refractivity contribution in [2.75, 3.05) is 5.32 Å². The van der Waals surface area contributed by atoms with E-state index in [2.05, 4.69) is 10.0 Å². The number of carbonyl (C=O) groups excluding carboxylic acids is 1. The second-order valence-corrected chi connectivity index (χ2v) is 7.67. The lowest BCUT2D eigenvalue weighted by atomic mass is 10.2. The zero-order valence-electron chi connectivity index (χ0n) is 11.8. The minimum atomic E-state index is -3.54. The lowest BCUT2D eigenvalue weighted by Gasteiger charge is -2.13. The van der Waals surface area contributed by atoms with Crippen LogP contribution in [0.25, 0.3) is 0 Å². The minimum Gasteiger partial charge on any atom is -0.324 e. The third-order valence-corrected chi connectivity index (χ3v) is 5.54. The van der Waals surface area contributed by atoms with E-state index in [9.17, 15) is 13.2 Å². The molecule has 4 N–H and O–H groups in total. The van der Waals surface area contributed by atoms with Gasteiger partial charge in [0.1, 0.15) is 0 Å². The van der Waals surface area contributed by atoms with Gasteiger partial charge in [-0.2, -0.15) is 0 Å². The van der Waals surface area contributed by atoms with Crippen molar-refractivity contribution in [3.8, 4) is 0 Å². The van der Waals surface area contributed by atoms with Crippen LogP contribution in [0.1, 0.15) is 31.2 Å². The fourth-order valence-corrected chi connectivity index (χ4v) is 3.64. The molecule has 0 radical (unpaired) electrons. The van der Waals surface area contributed by atoms with Crippen LogP contribution in [-0.2, 0) is 14.8 Å². The van der Waals surface area contributed by atoms with Crippen molar-refractivity contribution in [3.05, 3.63) is 23.8 Å². The average molecular weight is 309 g/mol. The number of hydrogen-bond acceptors (Lipinski definition) is 4. The molecule has 0 atom stereocenters. The first-order chi connectivity index (χ1) is 9.80. The van der Waals surface area contributed by atoms with Crippen LogP contribution in [0.4, 0.5) is 5.69 Å². The molecule has 0 heterocycles. The molecule has 3 rings (SSSR count). The summed E-state index contributed by atoms with van der Waals surface area (Å²) in [5, 5.41) is 2.70. The first-order valence-electron chi connectivity index (χ1n) is 7.03. The Morgan fingerprint density at radius 2 is 2.00 bits per heavy atom. The monoisotopic (exact) mass is 309 g/mol. The highest BCUT2D eigenvalue weighted by Crippen LogP contribution is 2.33. The van der Waals surface area contributed by atoms with E-state index in [1.165, 1.54) is 6.07 Å².